The molecule has 1 aromatic heterocycles. The molecule has 0 aliphatic rings. The second kappa shape index (κ2) is 7.17. The van der Waals surface area contributed by atoms with Gasteiger partial charge >= 0.3 is 6.18 Å². The van der Waals surface area contributed by atoms with Crippen molar-refractivity contribution in [1.29, 1.82) is 0 Å². The lowest BCUT2D eigenvalue weighted by Crippen LogP contribution is -2.16. The van der Waals surface area contributed by atoms with Crippen LogP contribution in [0.2, 0.25) is 0 Å². The summed E-state index contributed by atoms with van der Waals surface area (Å²) in [7, 11) is 1.56. The van der Waals surface area contributed by atoms with Gasteiger partial charge in [-0.15, -0.1) is 0 Å². The third kappa shape index (κ3) is 3.66. The zero-order valence-electron chi connectivity index (χ0n) is 14.2. The highest BCUT2D eigenvalue weighted by Gasteiger charge is 2.34. The number of hydrogen-bond acceptors (Lipinski definition) is 7. The molecule has 11 heteroatoms. The molecule has 0 spiro atoms. The number of fused-ring (bicyclic) bond motifs is 1. The van der Waals surface area contributed by atoms with E-state index in [0.29, 0.717) is 23.4 Å². The molecule has 0 saturated carbocycles. The maximum absolute atomic E-state index is 13.0. The molecule has 3 aromatic rings. The van der Waals surface area contributed by atoms with Crippen LogP contribution < -0.4 is 10.5 Å². The van der Waals surface area contributed by atoms with E-state index in [2.05, 4.69) is 4.98 Å². The van der Waals surface area contributed by atoms with Gasteiger partial charge < -0.3 is 10.0 Å². The van der Waals surface area contributed by atoms with Crippen LogP contribution in [0.4, 0.5) is 29.7 Å². The molecule has 1 N–H and O–H groups in total. The first-order valence-electron chi connectivity index (χ1n) is 7.76. The van der Waals surface area contributed by atoms with E-state index < -0.39 is 33.3 Å². The highest BCUT2D eigenvalue weighted by molar-refractivity contribution is 7.22. The van der Waals surface area contributed by atoms with Crippen LogP contribution in [0.3, 0.4) is 0 Å². The Morgan fingerprint density at radius 2 is 1.89 bits per heavy atom. The lowest BCUT2D eigenvalue weighted by molar-refractivity contribution is -0.383. The number of non-ortho nitro benzene ring substituents is 1. The molecule has 0 bridgehead atoms. The van der Waals surface area contributed by atoms with Crippen LogP contribution in [0, 0.1) is 10.1 Å². The molecule has 1 heterocycles. The van der Waals surface area contributed by atoms with Gasteiger partial charge in [0, 0.05) is 18.8 Å². The number of nitro benzene ring substituents is 1. The predicted octanol–water partition coefficient (Wildman–Crippen LogP) is 3.84. The second-order valence-corrected chi connectivity index (χ2v) is 6.79. The van der Waals surface area contributed by atoms with Crippen LogP contribution in [0.15, 0.2) is 41.2 Å². The standard InChI is InChI=1S/C17H12F3N3O4S/c1-22(11-4-2-9(8-24)3-5-11)16-21-15(25)12-6-10(17(18,19)20)7-13(23(26)27)14(12)28-16/h2-7,24H,8H2,1H3. The first-order chi connectivity index (χ1) is 13.1. The molecule has 0 amide bonds. The molecule has 146 valence electrons. The molecule has 0 aliphatic carbocycles. The Morgan fingerprint density at radius 1 is 1.25 bits per heavy atom. The molecule has 0 aliphatic heterocycles. The summed E-state index contributed by atoms with van der Waals surface area (Å²) in [6.07, 6.45) is -4.83. The minimum Gasteiger partial charge on any atom is -0.392 e. The Morgan fingerprint density at radius 3 is 2.43 bits per heavy atom. The van der Waals surface area contributed by atoms with E-state index in [1.165, 1.54) is 4.90 Å². The van der Waals surface area contributed by atoms with E-state index in [1.54, 1.807) is 31.3 Å². The van der Waals surface area contributed by atoms with Gasteiger partial charge in [0.2, 0.25) is 0 Å². The fourth-order valence-corrected chi connectivity index (χ4v) is 3.57. The van der Waals surface area contributed by atoms with E-state index in [0.717, 1.165) is 11.3 Å². The predicted molar refractivity (Wildman–Crippen MR) is 98.0 cm³/mol. The zero-order valence-corrected chi connectivity index (χ0v) is 15.0. The van der Waals surface area contributed by atoms with Crippen molar-refractivity contribution in [2.24, 2.45) is 0 Å². The lowest BCUT2D eigenvalue weighted by atomic mass is 10.1. The SMILES string of the molecule is CN(c1ccc(CO)cc1)c1nc(=O)c2cc(C(F)(F)F)cc([N+](=O)[O-])c2s1. The van der Waals surface area contributed by atoms with Crippen molar-refractivity contribution in [2.75, 3.05) is 11.9 Å². The Kier molecular flexibility index (Phi) is 5.04. The van der Waals surface area contributed by atoms with Crippen LogP contribution in [0.25, 0.3) is 10.1 Å². The highest BCUT2D eigenvalue weighted by atomic mass is 32.1. The lowest BCUT2D eigenvalue weighted by Gasteiger charge is -2.18. The number of hydrogen-bond donors (Lipinski definition) is 1. The number of aliphatic hydroxyl groups is 1. The smallest absolute Gasteiger partial charge is 0.392 e. The van der Waals surface area contributed by atoms with Gasteiger partial charge in [-0.3, -0.25) is 14.9 Å². The summed E-state index contributed by atoms with van der Waals surface area (Å²) in [6.45, 7) is -0.153. The Balaban J connectivity index is 2.19. The highest BCUT2D eigenvalue weighted by Crippen LogP contribution is 2.39. The van der Waals surface area contributed by atoms with Crippen molar-refractivity contribution < 1.29 is 23.2 Å². The number of anilines is 2. The number of nitrogens with zero attached hydrogens (tertiary/aromatic N) is 3. The van der Waals surface area contributed by atoms with Crippen LogP contribution in [0.5, 0.6) is 0 Å². The van der Waals surface area contributed by atoms with Gasteiger partial charge in [-0.05, 0) is 23.8 Å². The third-order valence-electron chi connectivity index (χ3n) is 4.01. The molecule has 0 saturated heterocycles. The van der Waals surface area contributed by atoms with Gasteiger partial charge in [0.15, 0.2) is 5.13 Å². The fraction of sp³-hybridized carbons (Fsp3) is 0.176. The molecule has 7 nitrogen and oxygen atoms in total. The van der Waals surface area contributed by atoms with Crippen molar-refractivity contribution in [3.05, 3.63) is 68.0 Å². The first-order valence-corrected chi connectivity index (χ1v) is 8.57. The summed E-state index contributed by atoms with van der Waals surface area (Å²) >= 11 is 0.745. The maximum atomic E-state index is 13.0. The monoisotopic (exact) mass is 411 g/mol. The molecule has 0 unspecified atom stereocenters. The number of aliphatic hydroxyl groups excluding tert-OH is 1. The molecule has 0 atom stereocenters. The van der Waals surface area contributed by atoms with Crippen LogP contribution in [-0.2, 0) is 12.8 Å². The Labute approximate surface area is 159 Å². The quantitative estimate of drug-likeness (QED) is 0.518. The summed E-state index contributed by atoms with van der Waals surface area (Å²) in [4.78, 5) is 28.0. The Bertz CT molecular complexity index is 1110. The number of halogens is 3. The number of benzene rings is 2. The van der Waals surface area contributed by atoms with Crippen LogP contribution >= 0.6 is 11.3 Å². The average Bonchev–Trinajstić information content (AvgIpc) is 2.65. The number of nitro groups is 1. The normalized spacial score (nSPS) is 11.6. The van der Waals surface area contributed by atoms with Crippen LogP contribution in [-0.4, -0.2) is 22.1 Å². The number of alkyl halides is 3. The van der Waals surface area contributed by atoms with Gasteiger partial charge in [0.25, 0.3) is 11.2 Å². The zero-order chi connectivity index (χ0) is 20.6. The third-order valence-corrected chi connectivity index (χ3v) is 5.19. The Hall–Kier alpha value is -3.05. The summed E-state index contributed by atoms with van der Waals surface area (Å²) < 4.78 is 38.9. The van der Waals surface area contributed by atoms with Crippen LogP contribution in [0.1, 0.15) is 11.1 Å². The molecule has 3 rings (SSSR count). The first kappa shape index (κ1) is 19.7. The molecule has 2 aromatic carbocycles. The summed E-state index contributed by atoms with van der Waals surface area (Å²) in [5, 5.41) is 20.0. The average molecular weight is 411 g/mol. The van der Waals surface area contributed by atoms with E-state index in [1.807, 2.05) is 0 Å². The fourth-order valence-electron chi connectivity index (χ4n) is 2.52. The number of aromatic nitrogens is 1. The van der Waals surface area contributed by atoms with Gasteiger partial charge in [0.05, 0.1) is 22.5 Å². The van der Waals surface area contributed by atoms with Gasteiger partial charge in [-0.1, -0.05) is 23.5 Å². The summed E-state index contributed by atoms with van der Waals surface area (Å²) in [6, 6.07) is 7.58. The largest absolute Gasteiger partial charge is 0.416 e. The topological polar surface area (TPSA) is 96.6 Å². The number of rotatable bonds is 4. The van der Waals surface area contributed by atoms with Crippen molar-refractivity contribution in [2.45, 2.75) is 12.8 Å². The van der Waals surface area contributed by atoms with Gasteiger partial charge in [-0.2, -0.15) is 18.2 Å². The molecule has 0 fully saturated rings. The minimum absolute atomic E-state index is 0.0807. The van der Waals surface area contributed by atoms with Crippen molar-refractivity contribution >= 4 is 37.9 Å². The van der Waals surface area contributed by atoms with E-state index >= 15 is 0 Å². The molecular formula is C17H12F3N3O4S. The summed E-state index contributed by atoms with van der Waals surface area (Å²) in [5.41, 5.74) is -1.84. The molecule has 28 heavy (non-hydrogen) atoms. The van der Waals surface area contributed by atoms with Gasteiger partial charge in [0.1, 0.15) is 4.70 Å². The van der Waals surface area contributed by atoms with Crippen molar-refractivity contribution in [3.63, 3.8) is 0 Å². The minimum atomic E-state index is -4.83. The van der Waals surface area contributed by atoms with Gasteiger partial charge in [-0.25, -0.2) is 0 Å². The molecule has 0 radical (unpaired) electrons. The van der Waals surface area contributed by atoms with E-state index in [9.17, 15) is 28.1 Å². The second-order valence-electron chi connectivity index (χ2n) is 5.81. The van der Waals surface area contributed by atoms with Crippen molar-refractivity contribution in [3.8, 4) is 0 Å². The maximum Gasteiger partial charge on any atom is 0.416 e. The summed E-state index contributed by atoms with van der Waals surface area (Å²) in [5.74, 6) is 0. The van der Waals surface area contributed by atoms with E-state index in [4.69, 9.17) is 5.11 Å². The molecular weight excluding hydrogens is 399 g/mol. The van der Waals surface area contributed by atoms with Crippen molar-refractivity contribution in [1.82, 2.24) is 4.98 Å². The van der Waals surface area contributed by atoms with E-state index in [-0.39, 0.29) is 16.4 Å².